The summed E-state index contributed by atoms with van der Waals surface area (Å²) in [4.78, 5) is 3.96. The van der Waals surface area contributed by atoms with Crippen LogP contribution in [0.5, 0.6) is 0 Å². The lowest BCUT2D eigenvalue weighted by Gasteiger charge is -2.09. The highest BCUT2D eigenvalue weighted by molar-refractivity contribution is 5.85. The van der Waals surface area contributed by atoms with Crippen molar-refractivity contribution in [3.8, 4) is 0 Å². The van der Waals surface area contributed by atoms with E-state index in [0.29, 0.717) is 12.7 Å². The monoisotopic (exact) mass is 214 g/mol. The maximum absolute atomic E-state index is 5.70. The Bertz CT molecular complexity index is 250. The molecule has 78 valence electrons. The molecule has 1 aliphatic heterocycles. The molecule has 0 aliphatic carbocycles. The molecule has 4 heteroatoms. The number of nitrogens with one attached hydrogen (secondary N) is 1. The Balaban J connectivity index is 0.000000980. The Labute approximate surface area is 90.3 Å². The van der Waals surface area contributed by atoms with E-state index in [0.717, 1.165) is 19.5 Å². The number of nitrogens with zero attached hydrogens (tertiary/aromatic N) is 1. The molecule has 0 radical (unpaired) electrons. The Kier molecular flexibility index (Phi) is 4.87. The Morgan fingerprint density at radius 3 is 2.86 bits per heavy atom. The minimum atomic E-state index is 0. The summed E-state index contributed by atoms with van der Waals surface area (Å²) in [6.45, 7) is 2.78. The number of halogens is 1. The molecule has 0 spiro atoms. The molecule has 1 saturated heterocycles. The van der Waals surface area contributed by atoms with Gasteiger partial charge >= 0.3 is 0 Å². The van der Waals surface area contributed by atoms with Crippen molar-refractivity contribution < 1.29 is 4.74 Å². The molecule has 0 unspecified atom stereocenters. The summed E-state index contributed by atoms with van der Waals surface area (Å²) in [6, 6.07) is 3.98. The minimum absolute atomic E-state index is 0. The van der Waals surface area contributed by atoms with E-state index >= 15 is 0 Å². The van der Waals surface area contributed by atoms with Gasteiger partial charge in [-0.05, 0) is 30.7 Å². The van der Waals surface area contributed by atoms with Crippen molar-refractivity contribution in [2.24, 2.45) is 0 Å². The molecule has 2 heterocycles. The minimum Gasteiger partial charge on any atom is -0.372 e. The lowest BCUT2D eigenvalue weighted by molar-refractivity contribution is 0.0542. The highest BCUT2D eigenvalue weighted by Gasteiger charge is 2.14. The smallest absolute Gasteiger partial charge is 0.0722 e. The summed E-state index contributed by atoms with van der Waals surface area (Å²) in [5.41, 5.74) is 1.20. The first-order valence-corrected chi connectivity index (χ1v) is 4.66. The van der Waals surface area contributed by atoms with Crippen molar-refractivity contribution in [1.29, 1.82) is 0 Å². The summed E-state index contributed by atoms with van der Waals surface area (Å²) >= 11 is 0. The molecule has 14 heavy (non-hydrogen) atoms. The molecule has 3 nitrogen and oxygen atoms in total. The van der Waals surface area contributed by atoms with Gasteiger partial charge in [0.25, 0.3) is 0 Å². The third-order valence-corrected chi connectivity index (χ3v) is 2.25. The largest absolute Gasteiger partial charge is 0.372 e. The topological polar surface area (TPSA) is 34.1 Å². The SMILES string of the molecule is Cl.c1cc(CO[C@H]2CCNC2)ccn1. The Morgan fingerprint density at radius 2 is 2.21 bits per heavy atom. The van der Waals surface area contributed by atoms with Crippen LogP contribution in [-0.4, -0.2) is 24.2 Å². The van der Waals surface area contributed by atoms with E-state index < -0.39 is 0 Å². The standard InChI is InChI=1S/C10H14N2O.ClH/c1-4-11-5-2-9(1)8-13-10-3-6-12-7-10;/h1-2,4-5,10,12H,3,6-8H2;1H/t10-;/m0./s1. The van der Waals surface area contributed by atoms with Gasteiger partial charge in [0, 0.05) is 18.9 Å². The van der Waals surface area contributed by atoms with Crippen LogP contribution >= 0.6 is 12.4 Å². The Hall–Kier alpha value is -0.640. The van der Waals surface area contributed by atoms with Crippen molar-refractivity contribution in [3.05, 3.63) is 30.1 Å². The number of rotatable bonds is 3. The second kappa shape index (κ2) is 5.96. The van der Waals surface area contributed by atoms with Crippen LogP contribution in [0.3, 0.4) is 0 Å². The average Bonchev–Trinajstić information content (AvgIpc) is 2.69. The van der Waals surface area contributed by atoms with Crippen LogP contribution in [0.4, 0.5) is 0 Å². The van der Waals surface area contributed by atoms with Gasteiger partial charge in [-0.25, -0.2) is 0 Å². The van der Waals surface area contributed by atoms with Crippen molar-refractivity contribution in [1.82, 2.24) is 10.3 Å². The third kappa shape index (κ3) is 3.25. The second-order valence-electron chi connectivity index (χ2n) is 3.28. The van der Waals surface area contributed by atoms with Crippen LogP contribution in [0.2, 0.25) is 0 Å². The normalized spacial score (nSPS) is 20.4. The van der Waals surface area contributed by atoms with Gasteiger partial charge in [0.2, 0.25) is 0 Å². The van der Waals surface area contributed by atoms with E-state index in [2.05, 4.69) is 10.3 Å². The van der Waals surface area contributed by atoms with Gasteiger partial charge < -0.3 is 10.1 Å². The quantitative estimate of drug-likeness (QED) is 0.826. The summed E-state index contributed by atoms with van der Waals surface area (Å²) < 4.78 is 5.70. The molecule has 0 bridgehead atoms. The highest BCUT2D eigenvalue weighted by atomic mass is 35.5. The first-order chi connectivity index (χ1) is 6.45. The summed E-state index contributed by atoms with van der Waals surface area (Å²) in [5.74, 6) is 0. The fourth-order valence-corrected chi connectivity index (χ4v) is 1.46. The van der Waals surface area contributed by atoms with Crippen molar-refractivity contribution in [2.75, 3.05) is 13.1 Å². The molecule has 2 rings (SSSR count). The lowest BCUT2D eigenvalue weighted by Crippen LogP contribution is -2.16. The zero-order valence-corrected chi connectivity index (χ0v) is 8.80. The van der Waals surface area contributed by atoms with Crippen molar-refractivity contribution in [2.45, 2.75) is 19.1 Å². The van der Waals surface area contributed by atoms with E-state index in [1.807, 2.05) is 12.1 Å². The highest BCUT2D eigenvalue weighted by Crippen LogP contribution is 2.07. The van der Waals surface area contributed by atoms with E-state index in [9.17, 15) is 0 Å². The number of aromatic nitrogens is 1. The van der Waals surface area contributed by atoms with Crippen LogP contribution < -0.4 is 5.32 Å². The molecule has 1 aliphatic rings. The van der Waals surface area contributed by atoms with Gasteiger partial charge in [-0.3, -0.25) is 4.98 Å². The van der Waals surface area contributed by atoms with Gasteiger partial charge in [-0.15, -0.1) is 12.4 Å². The van der Waals surface area contributed by atoms with Gasteiger partial charge in [0.15, 0.2) is 0 Å². The van der Waals surface area contributed by atoms with E-state index in [4.69, 9.17) is 4.74 Å². The van der Waals surface area contributed by atoms with Crippen LogP contribution in [0.1, 0.15) is 12.0 Å². The molecular weight excluding hydrogens is 200 g/mol. The zero-order chi connectivity index (χ0) is 8.93. The van der Waals surface area contributed by atoms with Gasteiger partial charge in [-0.2, -0.15) is 0 Å². The molecule has 1 aromatic heterocycles. The first kappa shape index (κ1) is 11.4. The van der Waals surface area contributed by atoms with Gasteiger partial charge in [0.1, 0.15) is 0 Å². The number of ether oxygens (including phenoxy) is 1. The second-order valence-corrected chi connectivity index (χ2v) is 3.28. The molecule has 1 N–H and O–H groups in total. The zero-order valence-electron chi connectivity index (χ0n) is 7.98. The summed E-state index contributed by atoms with van der Waals surface area (Å²) in [7, 11) is 0. The van der Waals surface area contributed by atoms with Crippen LogP contribution in [0, 0.1) is 0 Å². The van der Waals surface area contributed by atoms with E-state index in [-0.39, 0.29) is 12.4 Å². The molecule has 0 aromatic carbocycles. The van der Waals surface area contributed by atoms with Gasteiger partial charge in [0.05, 0.1) is 12.7 Å². The molecular formula is C10H15ClN2O. The lowest BCUT2D eigenvalue weighted by atomic mass is 10.3. The molecule has 0 saturated carbocycles. The van der Waals surface area contributed by atoms with Crippen molar-refractivity contribution in [3.63, 3.8) is 0 Å². The predicted molar refractivity (Wildman–Crippen MR) is 57.5 cm³/mol. The summed E-state index contributed by atoms with van der Waals surface area (Å²) in [5, 5.41) is 3.27. The number of hydrogen-bond acceptors (Lipinski definition) is 3. The van der Waals surface area contributed by atoms with Crippen molar-refractivity contribution >= 4 is 12.4 Å². The Morgan fingerprint density at radius 1 is 1.43 bits per heavy atom. The molecule has 1 fully saturated rings. The van der Waals surface area contributed by atoms with Crippen LogP contribution in [0.25, 0.3) is 0 Å². The van der Waals surface area contributed by atoms with E-state index in [1.54, 1.807) is 12.4 Å². The molecule has 0 amide bonds. The average molecular weight is 215 g/mol. The molecule has 1 atom stereocenters. The number of hydrogen-bond donors (Lipinski definition) is 1. The van der Waals surface area contributed by atoms with Gasteiger partial charge in [-0.1, -0.05) is 0 Å². The number of pyridine rings is 1. The van der Waals surface area contributed by atoms with Crippen LogP contribution in [-0.2, 0) is 11.3 Å². The third-order valence-electron chi connectivity index (χ3n) is 2.25. The maximum atomic E-state index is 5.70. The summed E-state index contributed by atoms with van der Waals surface area (Å²) in [6.07, 6.45) is 5.12. The predicted octanol–water partition coefficient (Wildman–Crippen LogP) is 1.38. The fourth-order valence-electron chi connectivity index (χ4n) is 1.46. The van der Waals surface area contributed by atoms with E-state index in [1.165, 1.54) is 5.56 Å². The maximum Gasteiger partial charge on any atom is 0.0722 e. The fraction of sp³-hybridized carbons (Fsp3) is 0.500. The van der Waals surface area contributed by atoms with Crippen LogP contribution in [0.15, 0.2) is 24.5 Å². The first-order valence-electron chi connectivity index (χ1n) is 4.66. The molecule has 1 aromatic rings.